The standard InChI is InChI=1S/C12H22O2/c1-9(2)5-7-12(14)8-6-10(3)11(4)13/h9-10H,5-8H2,1-4H3. The molecular weight excluding hydrogens is 176 g/mol. The van der Waals surface area contributed by atoms with Crippen LogP contribution in [-0.4, -0.2) is 11.6 Å². The van der Waals surface area contributed by atoms with Crippen molar-refractivity contribution in [2.24, 2.45) is 11.8 Å². The van der Waals surface area contributed by atoms with E-state index in [4.69, 9.17) is 0 Å². The number of ketones is 2. The fraction of sp³-hybridized carbons (Fsp3) is 0.833. The van der Waals surface area contributed by atoms with Crippen LogP contribution in [0.5, 0.6) is 0 Å². The van der Waals surface area contributed by atoms with Crippen LogP contribution in [0, 0.1) is 11.8 Å². The summed E-state index contributed by atoms with van der Waals surface area (Å²) in [5.74, 6) is 1.11. The number of Topliss-reactive ketones (excluding diaryl/α,β-unsaturated/α-hetero) is 2. The van der Waals surface area contributed by atoms with E-state index in [-0.39, 0.29) is 11.7 Å². The maximum Gasteiger partial charge on any atom is 0.132 e. The Morgan fingerprint density at radius 2 is 1.50 bits per heavy atom. The third kappa shape index (κ3) is 6.81. The predicted octanol–water partition coefficient (Wildman–Crippen LogP) is 3.00. The highest BCUT2D eigenvalue weighted by molar-refractivity contribution is 5.81. The van der Waals surface area contributed by atoms with Gasteiger partial charge in [0.1, 0.15) is 11.6 Å². The van der Waals surface area contributed by atoms with Crippen LogP contribution in [0.15, 0.2) is 0 Å². The summed E-state index contributed by atoms with van der Waals surface area (Å²) < 4.78 is 0. The minimum absolute atomic E-state index is 0.0398. The van der Waals surface area contributed by atoms with E-state index < -0.39 is 0 Å². The van der Waals surface area contributed by atoms with Gasteiger partial charge in [-0.3, -0.25) is 9.59 Å². The first kappa shape index (κ1) is 13.3. The molecule has 0 rings (SSSR count). The van der Waals surface area contributed by atoms with Crippen LogP contribution in [0.25, 0.3) is 0 Å². The van der Waals surface area contributed by atoms with Crippen molar-refractivity contribution in [2.75, 3.05) is 0 Å². The second-order valence-electron chi connectivity index (χ2n) is 4.52. The van der Waals surface area contributed by atoms with Crippen LogP contribution in [0.1, 0.15) is 53.4 Å². The van der Waals surface area contributed by atoms with Gasteiger partial charge in [0.25, 0.3) is 0 Å². The third-order valence-corrected chi connectivity index (χ3v) is 2.55. The van der Waals surface area contributed by atoms with E-state index in [1.54, 1.807) is 6.92 Å². The zero-order valence-electron chi connectivity index (χ0n) is 9.80. The molecule has 0 radical (unpaired) electrons. The molecule has 0 aliphatic heterocycles. The molecule has 0 aromatic rings. The topological polar surface area (TPSA) is 34.1 Å². The summed E-state index contributed by atoms with van der Waals surface area (Å²) in [7, 11) is 0. The molecule has 0 N–H and O–H groups in total. The van der Waals surface area contributed by atoms with Gasteiger partial charge in [-0.15, -0.1) is 0 Å². The molecule has 0 aliphatic rings. The summed E-state index contributed by atoms with van der Waals surface area (Å²) in [4.78, 5) is 22.3. The highest BCUT2D eigenvalue weighted by Gasteiger charge is 2.10. The highest BCUT2D eigenvalue weighted by atomic mass is 16.1. The average Bonchev–Trinajstić information content (AvgIpc) is 2.10. The lowest BCUT2D eigenvalue weighted by molar-refractivity contribution is -0.121. The van der Waals surface area contributed by atoms with Crippen molar-refractivity contribution in [1.29, 1.82) is 0 Å². The van der Waals surface area contributed by atoms with Crippen molar-refractivity contribution in [3.63, 3.8) is 0 Å². The van der Waals surface area contributed by atoms with Gasteiger partial charge in [0, 0.05) is 18.8 Å². The molecule has 0 amide bonds. The zero-order chi connectivity index (χ0) is 11.1. The highest BCUT2D eigenvalue weighted by Crippen LogP contribution is 2.11. The van der Waals surface area contributed by atoms with E-state index in [1.165, 1.54) is 0 Å². The molecule has 1 atom stereocenters. The van der Waals surface area contributed by atoms with Gasteiger partial charge in [-0.25, -0.2) is 0 Å². The molecule has 0 spiro atoms. The van der Waals surface area contributed by atoms with Gasteiger partial charge >= 0.3 is 0 Å². The van der Waals surface area contributed by atoms with E-state index in [1.807, 2.05) is 6.92 Å². The normalized spacial score (nSPS) is 12.9. The van der Waals surface area contributed by atoms with Crippen LogP contribution in [0.3, 0.4) is 0 Å². The fourth-order valence-corrected chi connectivity index (χ4v) is 1.16. The van der Waals surface area contributed by atoms with Gasteiger partial charge in [0.15, 0.2) is 0 Å². The Kier molecular flexibility index (Phi) is 6.43. The summed E-state index contributed by atoms with van der Waals surface area (Å²) in [6.07, 6.45) is 2.91. The predicted molar refractivity (Wildman–Crippen MR) is 58.2 cm³/mol. The number of hydrogen-bond acceptors (Lipinski definition) is 2. The smallest absolute Gasteiger partial charge is 0.132 e. The Balaban J connectivity index is 3.59. The monoisotopic (exact) mass is 198 g/mol. The maximum absolute atomic E-state index is 11.4. The molecular formula is C12H22O2. The summed E-state index contributed by atoms with van der Waals surface area (Å²) >= 11 is 0. The summed E-state index contributed by atoms with van der Waals surface area (Å²) in [6.45, 7) is 7.71. The number of rotatable bonds is 7. The van der Waals surface area contributed by atoms with Crippen LogP contribution >= 0.6 is 0 Å². The van der Waals surface area contributed by atoms with Crippen molar-refractivity contribution in [3.05, 3.63) is 0 Å². The third-order valence-electron chi connectivity index (χ3n) is 2.55. The lowest BCUT2D eigenvalue weighted by Crippen LogP contribution is -2.09. The van der Waals surface area contributed by atoms with Gasteiger partial charge in [0.05, 0.1) is 0 Å². The molecule has 0 saturated heterocycles. The molecule has 0 saturated carbocycles. The van der Waals surface area contributed by atoms with E-state index >= 15 is 0 Å². The zero-order valence-corrected chi connectivity index (χ0v) is 9.80. The van der Waals surface area contributed by atoms with Gasteiger partial charge in [-0.2, -0.15) is 0 Å². The van der Waals surface area contributed by atoms with E-state index in [0.717, 1.165) is 6.42 Å². The number of carbonyl (C=O) groups excluding carboxylic acids is 2. The van der Waals surface area contributed by atoms with Crippen LogP contribution in [-0.2, 0) is 9.59 Å². The fourth-order valence-electron chi connectivity index (χ4n) is 1.16. The van der Waals surface area contributed by atoms with E-state index in [0.29, 0.717) is 31.0 Å². The first-order valence-electron chi connectivity index (χ1n) is 5.45. The first-order chi connectivity index (χ1) is 6.43. The van der Waals surface area contributed by atoms with E-state index in [9.17, 15) is 9.59 Å². The SMILES string of the molecule is CC(=O)C(C)CCC(=O)CCC(C)C. The van der Waals surface area contributed by atoms with Gasteiger partial charge < -0.3 is 0 Å². The Morgan fingerprint density at radius 3 is 1.93 bits per heavy atom. The average molecular weight is 198 g/mol. The minimum Gasteiger partial charge on any atom is -0.300 e. The van der Waals surface area contributed by atoms with Crippen LogP contribution in [0.2, 0.25) is 0 Å². The van der Waals surface area contributed by atoms with Gasteiger partial charge in [-0.1, -0.05) is 20.8 Å². The molecule has 0 heterocycles. The largest absolute Gasteiger partial charge is 0.300 e. The molecule has 1 unspecified atom stereocenters. The summed E-state index contributed by atoms with van der Waals surface area (Å²) in [5, 5.41) is 0. The molecule has 2 heteroatoms. The lowest BCUT2D eigenvalue weighted by Gasteiger charge is -2.07. The van der Waals surface area contributed by atoms with Crippen LogP contribution in [0.4, 0.5) is 0 Å². The number of carbonyl (C=O) groups is 2. The summed E-state index contributed by atoms with van der Waals surface area (Å²) in [5.41, 5.74) is 0. The van der Waals surface area contributed by atoms with Crippen molar-refractivity contribution in [1.82, 2.24) is 0 Å². The Bertz CT molecular complexity index is 194. The molecule has 2 nitrogen and oxygen atoms in total. The van der Waals surface area contributed by atoms with Crippen molar-refractivity contribution in [2.45, 2.75) is 53.4 Å². The maximum atomic E-state index is 11.4. The Morgan fingerprint density at radius 1 is 1.00 bits per heavy atom. The quantitative estimate of drug-likeness (QED) is 0.630. The van der Waals surface area contributed by atoms with Crippen molar-refractivity contribution in [3.8, 4) is 0 Å². The molecule has 0 aromatic heterocycles. The van der Waals surface area contributed by atoms with Crippen molar-refractivity contribution < 1.29 is 9.59 Å². The van der Waals surface area contributed by atoms with Gasteiger partial charge in [-0.05, 0) is 25.7 Å². The van der Waals surface area contributed by atoms with Crippen LogP contribution < -0.4 is 0 Å². The molecule has 0 bridgehead atoms. The molecule has 0 fully saturated rings. The van der Waals surface area contributed by atoms with Crippen molar-refractivity contribution >= 4 is 11.6 Å². The van der Waals surface area contributed by atoms with Gasteiger partial charge in [0.2, 0.25) is 0 Å². The van der Waals surface area contributed by atoms with E-state index in [2.05, 4.69) is 13.8 Å². The Labute approximate surface area is 87.1 Å². The second kappa shape index (κ2) is 6.74. The lowest BCUT2D eigenvalue weighted by atomic mass is 9.97. The first-order valence-corrected chi connectivity index (χ1v) is 5.45. The number of hydrogen-bond donors (Lipinski definition) is 0. The molecule has 0 aliphatic carbocycles. The summed E-state index contributed by atoms with van der Waals surface area (Å²) in [6, 6.07) is 0. The second-order valence-corrected chi connectivity index (χ2v) is 4.52. The molecule has 0 aromatic carbocycles. The molecule has 82 valence electrons. The Hall–Kier alpha value is -0.660. The molecule has 14 heavy (non-hydrogen) atoms. The minimum atomic E-state index is 0.0398.